The minimum absolute atomic E-state index is 0.0378. The molecule has 6 nitrogen and oxygen atoms in total. The zero-order valence-electron chi connectivity index (χ0n) is 21.8. The van der Waals surface area contributed by atoms with Crippen molar-refractivity contribution in [2.75, 3.05) is 12.0 Å². The van der Waals surface area contributed by atoms with E-state index in [0.717, 1.165) is 16.3 Å². The van der Waals surface area contributed by atoms with Crippen molar-refractivity contribution in [3.05, 3.63) is 74.2 Å². The number of H-pyrrole nitrogens is 1. The Morgan fingerprint density at radius 3 is 2.21 bits per heavy atom. The van der Waals surface area contributed by atoms with Crippen molar-refractivity contribution in [1.82, 2.24) is 4.98 Å². The molecule has 0 spiro atoms. The Labute approximate surface area is 229 Å². The normalized spacial score (nSPS) is 31.4. The van der Waals surface area contributed by atoms with E-state index in [0.29, 0.717) is 11.4 Å². The Hall–Kier alpha value is -2.84. The number of nitrogens with zero attached hydrogens (tertiary/aromatic N) is 1. The third-order valence-corrected chi connectivity index (χ3v) is 11.8. The molecule has 2 aliphatic carbocycles. The second kappa shape index (κ2) is 8.33. The van der Waals surface area contributed by atoms with Gasteiger partial charge in [0.15, 0.2) is 0 Å². The van der Waals surface area contributed by atoms with Gasteiger partial charge in [0.05, 0.1) is 29.7 Å². The predicted molar refractivity (Wildman–Crippen MR) is 149 cm³/mol. The molecular formula is C30H30N2O4S2. The number of carbonyl (C=O) groups excluding carboxylic acids is 2. The van der Waals surface area contributed by atoms with Crippen LogP contribution in [-0.2, 0) is 15.0 Å². The Balaban J connectivity index is 1.29. The minimum atomic E-state index is -0.301. The number of thiazole rings is 1. The molecule has 38 heavy (non-hydrogen) atoms. The first-order chi connectivity index (χ1) is 18.2. The number of benzene rings is 2. The van der Waals surface area contributed by atoms with Crippen LogP contribution in [0.25, 0.3) is 0 Å². The summed E-state index contributed by atoms with van der Waals surface area (Å²) in [6.45, 7) is 6.62. The molecule has 7 rings (SSSR count). The predicted octanol–water partition coefficient (Wildman–Crippen LogP) is 5.42. The molecule has 2 aromatic carbocycles. The summed E-state index contributed by atoms with van der Waals surface area (Å²) in [6, 6.07) is 16.0. The van der Waals surface area contributed by atoms with Gasteiger partial charge in [-0.3, -0.25) is 19.3 Å². The maximum absolute atomic E-state index is 13.9. The number of methoxy groups -OCH3 is 1. The van der Waals surface area contributed by atoms with E-state index in [4.69, 9.17) is 4.74 Å². The zero-order chi connectivity index (χ0) is 26.5. The van der Waals surface area contributed by atoms with Crippen molar-refractivity contribution in [2.45, 2.75) is 48.8 Å². The largest absolute Gasteiger partial charge is 0.497 e. The van der Waals surface area contributed by atoms with Crippen LogP contribution in [0.5, 0.6) is 5.75 Å². The highest BCUT2D eigenvalue weighted by atomic mass is 32.2. The van der Waals surface area contributed by atoms with Gasteiger partial charge < -0.3 is 9.72 Å². The van der Waals surface area contributed by atoms with E-state index in [2.05, 4.69) is 50.0 Å². The third-order valence-electron chi connectivity index (χ3n) is 9.19. The minimum Gasteiger partial charge on any atom is -0.497 e. The highest BCUT2D eigenvalue weighted by Gasteiger charge is 2.69. The molecule has 0 radical (unpaired) electrons. The lowest BCUT2D eigenvalue weighted by atomic mass is 9.68. The Morgan fingerprint density at radius 1 is 0.921 bits per heavy atom. The van der Waals surface area contributed by atoms with Crippen LogP contribution >= 0.6 is 23.1 Å². The van der Waals surface area contributed by atoms with E-state index in [1.165, 1.54) is 27.4 Å². The maximum atomic E-state index is 13.9. The first-order valence-electron chi connectivity index (χ1n) is 13.2. The van der Waals surface area contributed by atoms with Crippen LogP contribution in [0.15, 0.2) is 58.4 Å². The van der Waals surface area contributed by atoms with Crippen LogP contribution in [-0.4, -0.2) is 29.2 Å². The van der Waals surface area contributed by atoms with E-state index in [1.54, 1.807) is 43.1 Å². The molecule has 1 aromatic heterocycles. The first-order valence-corrected chi connectivity index (χ1v) is 14.9. The van der Waals surface area contributed by atoms with E-state index in [9.17, 15) is 14.4 Å². The lowest BCUT2D eigenvalue weighted by Crippen LogP contribution is -2.42. The summed E-state index contributed by atoms with van der Waals surface area (Å²) in [7, 11) is 1.60. The summed E-state index contributed by atoms with van der Waals surface area (Å²) >= 11 is 3.03. The summed E-state index contributed by atoms with van der Waals surface area (Å²) in [6.07, 6.45) is 0.890. The number of hydrogen-bond donors (Lipinski definition) is 1. The van der Waals surface area contributed by atoms with Gasteiger partial charge in [-0.05, 0) is 65.0 Å². The van der Waals surface area contributed by atoms with E-state index >= 15 is 0 Å². The number of imide groups is 1. The molecule has 3 aromatic rings. The van der Waals surface area contributed by atoms with Crippen molar-refractivity contribution in [3.8, 4) is 5.75 Å². The molecule has 3 fully saturated rings. The fourth-order valence-corrected chi connectivity index (χ4v) is 10.5. The average Bonchev–Trinajstić information content (AvgIpc) is 3.62. The number of rotatable bonds is 3. The van der Waals surface area contributed by atoms with Gasteiger partial charge in [0, 0.05) is 16.0 Å². The Morgan fingerprint density at radius 2 is 1.58 bits per heavy atom. The summed E-state index contributed by atoms with van der Waals surface area (Å²) in [5, 5.41) is 1.14. The van der Waals surface area contributed by atoms with Gasteiger partial charge in [0.25, 0.3) is 0 Å². The molecule has 3 heterocycles. The number of aromatic amines is 1. The molecular weight excluding hydrogens is 516 g/mol. The maximum Gasteiger partial charge on any atom is 0.305 e. The van der Waals surface area contributed by atoms with Crippen molar-refractivity contribution in [3.63, 3.8) is 0 Å². The van der Waals surface area contributed by atoms with E-state index in [1.807, 2.05) is 0 Å². The Kier molecular flexibility index (Phi) is 5.31. The van der Waals surface area contributed by atoms with E-state index < -0.39 is 0 Å². The fraction of sp³-hybridized carbons (Fsp3) is 0.433. The second-order valence-electron chi connectivity index (χ2n) is 12.0. The van der Waals surface area contributed by atoms with Crippen molar-refractivity contribution < 1.29 is 14.3 Å². The van der Waals surface area contributed by atoms with Gasteiger partial charge in [-0.2, -0.15) is 0 Å². The molecule has 1 saturated heterocycles. The number of thioether (sulfide) groups is 1. The van der Waals surface area contributed by atoms with Crippen LogP contribution < -0.4 is 14.5 Å². The lowest BCUT2D eigenvalue weighted by Gasteiger charge is -2.43. The molecule has 4 aliphatic rings. The number of anilines is 1. The van der Waals surface area contributed by atoms with Crippen LogP contribution in [0.4, 0.5) is 5.69 Å². The highest BCUT2D eigenvalue weighted by Crippen LogP contribution is 2.68. The topological polar surface area (TPSA) is 79.5 Å². The highest BCUT2D eigenvalue weighted by molar-refractivity contribution is 8.00. The van der Waals surface area contributed by atoms with E-state index in [-0.39, 0.29) is 62.9 Å². The third kappa shape index (κ3) is 3.35. The number of nitrogens with one attached hydrogen (secondary N) is 1. The van der Waals surface area contributed by atoms with Crippen LogP contribution in [0, 0.1) is 29.6 Å². The fourth-order valence-electron chi connectivity index (χ4n) is 7.57. The number of carbonyl (C=O) groups is 2. The van der Waals surface area contributed by atoms with Crippen LogP contribution in [0.2, 0.25) is 0 Å². The zero-order valence-corrected chi connectivity index (χ0v) is 23.4. The second-order valence-corrected chi connectivity index (χ2v) is 14.2. The monoisotopic (exact) mass is 546 g/mol. The van der Waals surface area contributed by atoms with Gasteiger partial charge >= 0.3 is 4.87 Å². The molecule has 7 unspecified atom stereocenters. The molecule has 2 amide bonds. The number of amides is 2. The number of fused-ring (bicyclic) bond motifs is 9. The quantitative estimate of drug-likeness (QED) is 0.444. The molecule has 196 valence electrons. The van der Waals surface area contributed by atoms with Crippen molar-refractivity contribution in [2.24, 2.45) is 29.6 Å². The molecule has 2 saturated carbocycles. The van der Waals surface area contributed by atoms with Gasteiger partial charge in [-0.15, -0.1) is 11.8 Å². The lowest BCUT2D eigenvalue weighted by molar-refractivity contribution is -0.123. The molecule has 8 heteroatoms. The van der Waals surface area contributed by atoms with Gasteiger partial charge in [-0.1, -0.05) is 56.4 Å². The van der Waals surface area contributed by atoms with Crippen molar-refractivity contribution in [1.29, 1.82) is 0 Å². The average molecular weight is 547 g/mol. The van der Waals surface area contributed by atoms with Crippen LogP contribution in [0.3, 0.4) is 0 Å². The Bertz CT molecular complexity index is 1500. The molecule has 2 aliphatic heterocycles. The number of aromatic nitrogens is 1. The SMILES string of the molecule is COc1ccc(N2C(=O)C3C4CC(C3C2=O)C2C(c3ccc(C(C)(C)C)cc3)c3sc(=O)[nH]c3SC42)cc1. The number of ether oxygens (including phenoxy) is 1. The van der Waals surface area contributed by atoms with Gasteiger partial charge in [0.2, 0.25) is 11.8 Å². The molecule has 1 N–H and O–H groups in total. The summed E-state index contributed by atoms with van der Waals surface area (Å²) in [4.78, 5) is 45.7. The summed E-state index contributed by atoms with van der Waals surface area (Å²) in [5.41, 5.74) is 3.13. The standard InChI is InChI=1S/C30H30N2O4S2/c1-30(2,3)15-7-5-14(6-8-15)20-21-18-13-19(24(21)37-26-25(20)38-29(35)31-26)23-22(18)27(33)32(28(23)34)16-9-11-17(36-4)12-10-16/h5-12,18-24H,13H2,1-4H3,(H,31,35). The van der Waals surface area contributed by atoms with Crippen molar-refractivity contribution >= 4 is 40.6 Å². The summed E-state index contributed by atoms with van der Waals surface area (Å²) < 4.78 is 5.26. The smallest absolute Gasteiger partial charge is 0.305 e. The number of hydrogen-bond acceptors (Lipinski definition) is 6. The molecule has 2 bridgehead atoms. The first kappa shape index (κ1) is 24.2. The summed E-state index contributed by atoms with van der Waals surface area (Å²) in [5.74, 6) is 0.428. The van der Waals surface area contributed by atoms with Gasteiger partial charge in [-0.25, -0.2) is 0 Å². The molecule has 7 atom stereocenters. The van der Waals surface area contributed by atoms with Gasteiger partial charge in [0.1, 0.15) is 5.75 Å². The van der Waals surface area contributed by atoms with Crippen LogP contribution in [0.1, 0.15) is 49.1 Å².